The maximum atomic E-state index is 12.1. The van der Waals surface area contributed by atoms with Gasteiger partial charge in [0.1, 0.15) is 5.69 Å². The van der Waals surface area contributed by atoms with Crippen molar-refractivity contribution >= 4 is 39.0 Å². The van der Waals surface area contributed by atoms with Crippen LogP contribution in [0.3, 0.4) is 0 Å². The van der Waals surface area contributed by atoms with E-state index >= 15 is 0 Å². The molecule has 0 aliphatic rings. The molecule has 0 unspecified atom stereocenters. The number of rotatable bonds is 3. The molecule has 0 aliphatic heterocycles. The number of carbonyl (C=O) groups is 2. The van der Waals surface area contributed by atoms with Crippen LogP contribution in [-0.2, 0) is 7.05 Å². The monoisotopic (exact) mass is 313 g/mol. The summed E-state index contributed by atoms with van der Waals surface area (Å²) in [6.45, 7) is 0. The number of aromatic carboxylic acids is 1. The van der Waals surface area contributed by atoms with E-state index in [0.29, 0.717) is 10.4 Å². The highest BCUT2D eigenvalue weighted by Crippen LogP contribution is 2.26. The molecule has 2 heterocycles. The molecule has 4 nitrogen and oxygen atoms in total. The fraction of sp³-hybridized carbons (Fsp3) is 0.0909. The quantitative estimate of drug-likeness (QED) is 0.886. The maximum absolute atomic E-state index is 12.1. The molecule has 1 N–H and O–H groups in total. The van der Waals surface area contributed by atoms with Crippen molar-refractivity contribution in [1.82, 2.24) is 4.57 Å². The highest BCUT2D eigenvalue weighted by Gasteiger charge is 2.18. The minimum atomic E-state index is -1.04. The van der Waals surface area contributed by atoms with Crippen LogP contribution >= 0.6 is 27.3 Å². The Hall–Kier alpha value is -1.40. The summed E-state index contributed by atoms with van der Waals surface area (Å²) in [5.74, 6) is -1.22. The van der Waals surface area contributed by atoms with Gasteiger partial charge in [0.05, 0.1) is 4.88 Å². The number of carboxylic acid groups (broad SMARTS) is 1. The number of hydrogen-bond acceptors (Lipinski definition) is 3. The van der Waals surface area contributed by atoms with Crippen molar-refractivity contribution in [1.29, 1.82) is 0 Å². The first kappa shape index (κ1) is 12.1. The van der Waals surface area contributed by atoms with Crippen molar-refractivity contribution in [2.75, 3.05) is 0 Å². The lowest BCUT2D eigenvalue weighted by molar-refractivity contribution is 0.0686. The highest BCUT2D eigenvalue weighted by atomic mass is 79.9. The fourth-order valence-electron chi connectivity index (χ4n) is 1.49. The summed E-state index contributed by atoms with van der Waals surface area (Å²) in [5.41, 5.74) is 0.481. The molecular formula is C11H8BrNO3S. The average molecular weight is 314 g/mol. The largest absolute Gasteiger partial charge is 0.477 e. The first-order chi connectivity index (χ1) is 8.00. The third-order valence-electron chi connectivity index (χ3n) is 2.31. The smallest absolute Gasteiger partial charge is 0.352 e. The Morgan fingerprint density at radius 2 is 2.18 bits per heavy atom. The summed E-state index contributed by atoms with van der Waals surface area (Å²) in [6.07, 6.45) is 1.53. The van der Waals surface area contributed by atoms with Gasteiger partial charge in [-0.25, -0.2) is 4.79 Å². The predicted octanol–water partition coefficient (Wildman–Crippen LogP) is 2.78. The zero-order valence-corrected chi connectivity index (χ0v) is 11.2. The molecule has 0 spiro atoms. The topological polar surface area (TPSA) is 59.3 Å². The van der Waals surface area contributed by atoms with Crippen LogP contribution in [0, 0.1) is 0 Å². The maximum Gasteiger partial charge on any atom is 0.352 e. The van der Waals surface area contributed by atoms with E-state index in [9.17, 15) is 9.59 Å². The van der Waals surface area contributed by atoms with E-state index < -0.39 is 5.97 Å². The van der Waals surface area contributed by atoms with Gasteiger partial charge < -0.3 is 9.67 Å². The third kappa shape index (κ3) is 2.18. The van der Waals surface area contributed by atoms with Gasteiger partial charge in [-0.15, -0.1) is 11.3 Å². The van der Waals surface area contributed by atoms with E-state index in [1.54, 1.807) is 18.5 Å². The molecule has 0 aliphatic carbocycles. The lowest BCUT2D eigenvalue weighted by Crippen LogP contribution is -2.02. The second-order valence-corrected chi connectivity index (χ2v) is 5.23. The van der Waals surface area contributed by atoms with Gasteiger partial charge in [-0.1, -0.05) is 0 Å². The van der Waals surface area contributed by atoms with Crippen LogP contribution in [0.15, 0.2) is 28.2 Å². The fourth-order valence-corrected chi connectivity index (χ4v) is 3.00. The van der Waals surface area contributed by atoms with E-state index in [0.717, 1.165) is 4.47 Å². The van der Waals surface area contributed by atoms with E-state index in [1.165, 1.54) is 28.2 Å². The minimum absolute atomic E-state index is 0.0982. The molecule has 0 aromatic carbocycles. The molecule has 0 radical (unpaired) electrons. The van der Waals surface area contributed by atoms with E-state index in [4.69, 9.17) is 5.11 Å². The second kappa shape index (κ2) is 4.46. The van der Waals surface area contributed by atoms with Crippen LogP contribution in [0.25, 0.3) is 0 Å². The summed E-state index contributed by atoms with van der Waals surface area (Å²) in [5, 5.41) is 10.7. The summed E-state index contributed by atoms with van der Waals surface area (Å²) in [4.78, 5) is 23.5. The predicted molar refractivity (Wildman–Crippen MR) is 67.8 cm³/mol. The molecule has 88 valence electrons. The van der Waals surface area contributed by atoms with E-state index in [-0.39, 0.29) is 11.5 Å². The number of ketones is 1. The number of hydrogen-bond donors (Lipinski definition) is 1. The number of aryl methyl sites for hydroxylation is 1. The van der Waals surface area contributed by atoms with Gasteiger partial charge >= 0.3 is 5.97 Å². The Bertz CT molecular complexity index is 600. The van der Waals surface area contributed by atoms with Gasteiger partial charge in [0.2, 0.25) is 5.78 Å². The number of carbonyl (C=O) groups excluding carboxylic acids is 1. The van der Waals surface area contributed by atoms with Gasteiger partial charge in [-0.2, -0.15) is 0 Å². The molecule has 0 bridgehead atoms. The molecular weight excluding hydrogens is 306 g/mol. The molecule has 2 rings (SSSR count). The zero-order valence-electron chi connectivity index (χ0n) is 8.81. The first-order valence-corrected chi connectivity index (χ1v) is 6.35. The molecule has 6 heteroatoms. The van der Waals surface area contributed by atoms with Crippen molar-refractivity contribution in [2.45, 2.75) is 0 Å². The van der Waals surface area contributed by atoms with Crippen LogP contribution in [0.2, 0.25) is 0 Å². The Labute approximate surface area is 110 Å². The van der Waals surface area contributed by atoms with Gasteiger partial charge in [0, 0.05) is 23.3 Å². The third-order valence-corrected chi connectivity index (χ3v) is 4.15. The van der Waals surface area contributed by atoms with Crippen molar-refractivity contribution < 1.29 is 14.7 Å². The van der Waals surface area contributed by atoms with Crippen molar-refractivity contribution in [2.24, 2.45) is 7.05 Å². The van der Waals surface area contributed by atoms with E-state index in [2.05, 4.69) is 15.9 Å². The SMILES string of the molecule is Cn1cc(C(=O)c2sccc2Br)cc1C(=O)O. The number of carboxylic acids is 1. The Morgan fingerprint density at radius 1 is 1.47 bits per heavy atom. The summed E-state index contributed by atoms with van der Waals surface area (Å²) < 4.78 is 2.16. The molecule has 0 saturated heterocycles. The van der Waals surface area contributed by atoms with Crippen molar-refractivity contribution in [3.05, 3.63) is 44.3 Å². The normalized spacial score (nSPS) is 10.5. The number of aromatic nitrogens is 1. The summed E-state index contributed by atoms with van der Waals surface area (Å²) in [6, 6.07) is 3.18. The van der Waals surface area contributed by atoms with E-state index in [1.807, 2.05) is 0 Å². The minimum Gasteiger partial charge on any atom is -0.477 e. The average Bonchev–Trinajstić information content (AvgIpc) is 2.83. The van der Waals surface area contributed by atoms with Gasteiger partial charge in [-0.3, -0.25) is 4.79 Å². The summed E-state index contributed by atoms with van der Waals surface area (Å²) in [7, 11) is 1.60. The molecule has 2 aromatic rings. The van der Waals surface area contributed by atoms with Crippen LogP contribution in [0.1, 0.15) is 25.7 Å². The molecule has 0 atom stereocenters. The number of thiophene rings is 1. The zero-order chi connectivity index (χ0) is 12.6. The van der Waals surface area contributed by atoms with Crippen LogP contribution < -0.4 is 0 Å². The molecule has 2 aromatic heterocycles. The van der Waals surface area contributed by atoms with Gasteiger partial charge in [0.25, 0.3) is 0 Å². The Kier molecular flexibility index (Phi) is 3.17. The van der Waals surface area contributed by atoms with Crippen molar-refractivity contribution in [3.8, 4) is 0 Å². The number of halogens is 1. The molecule has 0 amide bonds. The Balaban J connectivity index is 2.42. The lowest BCUT2D eigenvalue weighted by atomic mass is 10.2. The van der Waals surface area contributed by atoms with Crippen molar-refractivity contribution in [3.63, 3.8) is 0 Å². The summed E-state index contributed by atoms with van der Waals surface area (Å²) >= 11 is 4.61. The standard InChI is InChI=1S/C11H8BrNO3S/c1-13-5-6(4-8(13)11(15)16)9(14)10-7(12)2-3-17-10/h2-5H,1H3,(H,15,16). The van der Waals surface area contributed by atoms with Crippen LogP contribution in [0.5, 0.6) is 0 Å². The van der Waals surface area contributed by atoms with Crippen LogP contribution in [-0.4, -0.2) is 21.4 Å². The van der Waals surface area contributed by atoms with Gasteiger partial charge in [0.15, 0.2) is 0 Å². The first-order valence-electron chi connectivity index (χ1n) is 4.68. The molecule has 17 heavy (non-hydrogen) atoms. The second-order valence-electron chi connectivity index (χ2n) is 3.46. The molecule has 0 fully saturated rings. The van der Waals surface area contributed by atoms with Gasteiger partial charge in [-0.05, 0) is 33.4 Å². The molecule has 0 saturated carbocycles. The number of nitrogens with zero attached hydrogens (tertiary/aromatic N) is 1. The van der Waals surface area contributed by atoms with Crippen LogP contribution in [0.4, 0.5) is 0 Å². The highest BCUT2D eigenvalue weighted by molar-refractivity contribution is 9.10. The lowest BCUT2D eigenvalue weighted by Gasteiger charge is -1.94. The Morgan fingerprint density at radius 3 is 2.65 bits per heavy atom.